The molecule has 1 aromatic rings. The molecule has 0 saturated carbocycles. The number of nitrogens with one attached hydrogen (secondary N) is 1. The Morgan fingerprint density at radius 3 is 3.00 bits per heavy atom. The van der Waals surface area contributed by atoms with Crippen LogP contribution in [0.1, 0.15) is 44.2 Å². The summed E-state index contributed by atoms with van der Waals surface area (Å²) in [5, 5.41) is 3.47. The van der Waals surface area contributed by atoms with Crippen molar-refractivity contribution in [2.75, 3.05) is 13.2 Å². The van der Waals surface area contributed by atoms with Crippen molar-refractivity contribution >= 4 is 15.9 Å². The van der Waals surface area contributed by atoms with E-state index in [0.29, 0.717) is 10.6 Å². The van der Waals surface area contributed by atoms with E-state index >= 15 is 0 Å². The van der Waals surface area contributed by atoms with Gasteiger partial charge >= 0.3 is 0 Å². The second-order valence-electron chi connectivity index (χ2n) is 5.13. The lowest BCUT2D eigenvalue weighted by Crippen LogP contribution is -2.27. The molecule has 0 bridgehead atoms. The fourth-order valence-corrected chi connectivity index (χ4v) is 2.79. The SMILES string of the molecule is CC(NCCC1CCCCO1)c1ccc(F)c(Br)c1. The third-order valence-electron chi connectivity index (χ3n) is 3.63. The predicted molar refractivity (Wildman–Crippen MR) is 78.7 cm³/mol. The second-order valence-corrected chi connectivity index (χ2v) is 5.98. The summed E-state index contributed by atoms with van der Waals surface area (Å²) >= 11 is 3.22. The summed E-state index contributed by atoms with van der Waals surface area (Å²) in [6.45, 7) is 3.94. The van der Waals surface area contributed by atoms with Gasteiger partial charge in [0.25, 0.3) is 0 Å². The van der Waals surface area contributed by atoms with E-state index in [4.69, 9.17) is 4.74 Å². The number of ether oxygens (including phenoxy) is 1. The Hall–Kier alpha value is -0.450. The van der Waals surface area contributed by atoms with Crippen LogP contribution in [0, 0.1) is 5.82 Å². The lowest BCUT2D eigenvalue weighted by molar-refractivity contribution is 0.0112. The zero-order valence-corrected chi connectivity index (χ0v) is 12.9. The van der Waals surface area contributed by atoms with Crippen molar-refractivity contribution in [1.29, 1.82) is 0 Å². The summed E-state index contributed by atoms with van der Waals surface area (Å²) in [5.41, 5.74) is 1.10. The van der Waals surface area contributed by atoms with Crippen LogP contribution in [0.15, 0.2) is 22.7 Å². The molecule has 2 atom stereocenters. The molecular weight excluding hydrogens is 309 g/mol. The highest BCUT2D eigenvalue weighted by atomic mass is 79.9. The van der Waals surface area contributed by atoms with Crippen molar-refractivity contribution in [1.82, 2.24) is 5.32 Å². The van der Waals surface area contributed by atoms with E-state index in [1.807, 2.05) is 12.1 Å². The Bertz CT molecular complexity index is 407. The number of rotatable bonds is 5. The standard InChI is InChI=1S/C15H21BrFNO/c1-11(12-5-6-15(17)14(16)10-12)18-8-7-13-4-2-3-9-19-13/h5-6,10-11,13,18H,2-4,7-9H2,1H3. The smallest absolute Gasteiger partial charge is 0.137 e. The van der Waals surface area contributed by atoms with Gasteiger partial charge in [0.15, 0.2) is 0 Å². The highest BCUT2D eigenvalue weighted by Gasteiger charge is 2.14. The van der Waals surface area contributed by atoms with Gasteiger partial charge < -0.3 is 10.1 Å². The lowest BCUT2D eigenvalue weighted by Gasteiger charge is -2.23. The molecule has 0 radical (unpaired) electrons. The fourth-order valence-electron chi connectivity index (χ4n) is 2.40. The molecule has 0 spiro atoms. The summed E-state index contributed by atoms with van der Waals surface area (Å²) < 4.78 is 19.4. The van der Waals surface area contributed by atoms with Crippen molar-refractivity contribution in [3.05, 3.63) is 34.1 Å². The van der Waals surface area contributed by atoms with Gasteiger partial charge in [-0.25, -0.2) is 4.39 Å². The molecule has 1 saturated heterocycles. The average molecular weight is 330 g/mol. The first-order valence-electron chi connectivity index (χ1n) is 6.97. The van der Waals surface area contributed by atoms with Crippen LogP contribution in [0.3, 0.4) is 0 Å². The number of halogens is 2. The van der Waals surface area contributed by atoms with Crippen LogP contribution >= 0.6 is 15.9 Å². The molecule has 1 heterocycles. The molecule has 2 rings (SSSR count). The Kier molecular flexibility index (Phi) is 5.79. The topological polar surface area (TPSA) is 21.3 Å². The van der Waals surface area contributed by atoms with Gasteiger partial charge in [-0.05, 0) is 72.8 Å². The monoisotopic (exact) mass is 329 g/mol. The molecule has 106 valence electrons. The predicted octanol–water partition coefficient (Wildman–Crippen LogP) is 4.20. The first-order valence-corrected chi connectivity index (χ1v) is 7.76. The summed E-state index contributed by atoms with van der Waals surface area (Å²) in [7, 11) is 0. The second kappa shape index (κ2) is 7.36. The van der Waals surface area contributed by atoms with Crippen molar-refractivity contribution in [3.63, 3.8) is 0 Å². The zero-order chi connectivity index (χ0) is 13.7. The normalized spacial score (nSPS) is 21.3. The van der Waals surface area contributed by atoms with Crippen LogP contribution in [0.4, 0.5) is 4.39 Å². The van der Waals surface area contributed by atoms with Gasteiger partial charge in [-0.1, -0.05) is 6.07 Å². The van der Waals surface area contributed by atoms with E-state index in [-0.39, 0.29) is 11.9 Å². The summed E-state index contributed by atoms with van der Waals surface area (Å²) in [6.07, 6.45) is 5.12. The van der Waals surface area contributed by atoms with Crippen LogP contribution in [-0.2, 0) is 4.74 Å². The third kappa shape index (κ3) is 4.55. The molecule has 1 fully saturated rings. The van der Waals surface area contributed by atoms with Crippen LogP contribution in [0.25, 0.3) is 0 Å². The largest absolute Gasteiger partial charge is 0.378 e. The van der Waals surface area contributed by atoms with Gasteiger partial charge in [-0.2, -0.15) is 0 Å². The van der Waals surface area contributed by atoms with Crippen molar-refractivity contribution in [2.24, 2.45) is 0 Å². The summed E-state index contributed by atoms with van der Waals surface area (Å²) in [6, 6.07) is 5.39. The molecule has 4 heteroatoms. The maximum atomic E-state index is 13.2. The van der Waals surface area contributed by atoms with Crippen molar-refractivity contribution < 1.29 is 9.13 Å². The van der Waals surface area contributed by atoms with E-state index in [1.165, 1.54) is 25.3 Å². The Balaban J connectivity index is 1.76. The van der Waals surface area contributed by atoms with Crippen molar-refractivity contribution in [3.8, 4) is 0 Å². The van der Waals surface area contributed by atoms with Gasteiger partial charge in [0.2, 0.25) is 0 Å². The molecular formula is C15H21BrFNO. The van der Waals surface area contributed by atoms with Gasteiger partial charge in [-0.15, -0.1) is 0 Å². The van der Waals surface area contributed by atoms with Crippen LogP contribution in [0.5, 0.6) is 0 Å². The van der Waals surface area contributed by atoms with E-state index in [9.17, 15) is 4.39 Å². The van der Waals surface area contributed by atoms with Gasteiger partial charge in [0.1, 0.15) is 5.82 Å². The Morgan fingerprint density at radius 1 is 1.47 bits per heavy atom. The molecule has 1 aliphatic heterocycles. The Morgan fingerprint density at radius 2 is 2.32 bits per heavy atom. The fraction of sp³-hybridized carbons (Fsp3) is 0.600. The lowest BCUT2D eigenvalue weighted by atomic mass is 10.1. The molecule has 2 unspecified atom stereocenters. The van der Waals surface area contributed by atoms with Crippen molar-refractivity contribution in [2.45, 2.75) is 44.8 Å². The number of benzene rings is 1. The van der Waals surface area contributed by atoms with Crippen LogP contribution in [0.2, 0.25) is 0 Å². The first-order chi connectivity index (χ1) is 9.16. The van der Waals surface area contributed by atoms with E-state index in [1.54, 1.807) is 0 Å². The maximum absolute atomic E-state index is 13.2. The summed E-state index contributed by atoms with van der Waals surface area (Å²) in [4.78, 5) is 0. The molecule has 1 N–H and O–H groups in total. The maximum Gasteiger partial charge on any atom is 0.137 e. The third-order valence-corrected chi connectivity index (χ3v) is 4.24. The highest BCUT2D eigenvalue weighted by molar-refractivity contribution is 9.10. The van der Waals surface area contributed by atoms with E-state index in [0.717, 1.165) is 25.1 Å². The average Bonchev–Trinajstić information content (AvgIpc) is 2.43. The molecule has 0 amide bonds. The minimum atomic E-state index is -0.216. The molecule has 19 heavy (non-hydrogen) atoms. The van der Waals surface area contributed by atoms with E-state index in [2.05, 4.69) is 28.2 Å². The minimum Gasteiger partial charge on any atom is -0.378 e. The zero-order valence-electron chi connectivity index (χ0n) is 11.3. The van der Waals surface area contributed by atoms with Crippen LogP contribution < -0.4 is 5.32 Å². The Labute approximate surface area is 122 Å². The molecule has 0 aliphatic carbocycles. The van der Waals surface area contributed by atoms with Gasteiger partial charge in [0.05, 0.1) is 10.6 Å². The molecule has 0 aromatic heterocycles. The first kappa shape index (κ1) is 14.9. The van der Waals surface area contributed by atoms with Gasteiger partial charge in [0, 0.05) is 12.6 Å². The molecule has 2 nitrogen and oxygen atoms in total. The number of hydrogen-bond donors (Lipinski definition) is 1. The minimum absolute atomic E-state index is 0.216. The van der Waals surface area contributed by atoms with Gasteiger partial charge in [-0.3, -0.25) is 0 Å². The molecule has 1 aromatic carbocycles. The van der Waals surface area contributed by atoms with Crippen LogP contribution in [-0.4, -0.2) is 19.3 Å². The quantitative estimate of drug-likeness (QED) is 0.874. The molecule has 1 aliphatic rings. The summed E-state index contributed by atoms with van der Waals surface area (Å²) in [5.74, 6) is -0.216. The van der Waals surface area contributed by atoms with E-state index < -0.39 is 0 Å². The number of hydrogen-bond acceptors (Lipinski definition) is 2. The highest BCUT2D eigenvalue weighted by Crippen LogP contribution is 2.21.